The van der Waals surface area contributed by atoms with E-state index in [1.165, 1.54) is 41.2 Å². The van der Waals surface area contributed by atoms with E-state index in [9.17, 15) is 19.8 Å². The van der Waals surface area contributed by atoms with Gasteiger partial charge in [0.25, 0.3) is 0 Å². The summed E-state index contributed by atoms with van der Waals surface area (Å²) < 4.78 is 55.3. The van der Waals surface area contributed by atoms with Crippen molar-refractivity contribution in [1.29, 1.82) is 0 Å². The van der Waals surface area contributed by atoms with Gasteiger partial charge in [0.15, 0.2) is 5.82 Å². The molecule has 2 amide bonds. The second-order valence-electron chi connectivity index (χ2n) is 23.2. The lowest BCUT2D eigenvalue weighted by Crippen LogP contribution is -2.60. The third kappa shape index (κ3) is 9.37. The number of anilines is 2. The van der Waals surface area contributed by atoms with E-state index >= 15 is 13.2 Å². The maximum absolute atomic E-state index is 17.2. The van der Waals surface area contributed by atoms with Crippen LogP contribution in [0.5, 0.6) is 11.8 Å². The minimum absolute atomic E-state index is 0.00297. The Morgan fingerprint density at radius 2 is 1.63 bits per heavy atom. The molecule has 73 heavy (non-hydrogen) atoms. The summed E-state index contributed by atoms with van der Waals surface area (Å²) in [5.41, 5.74) is 2.00. The van der Waals surface area contributed by atoms with Crippen LogP contribution in [-0.2, 0) is 29.1 Å². The van der Waals surface area contributed by atoms with Gasteiger partial charge in [0.1, 0.15) is 34.3 Å². The fourth-order valence-electron chi connectivity index (χ4n) is 13.5. The van der Waals surface area contributed by atoms with Gasteiger partial charge in [-0.05, 0) is 147 Å². The zero-order valence-electron chi connectivity index (χ0n) is 42.0. The van der Waals surface area contributed by atoms with Crippen LogP contribution in [0.2, 0.25) is 0 Å². The van der Waals surface area contributed by atoms with Crippen LogP contribution in [0.4, 0.5) is 24.7 Å². The molecule has 7 aliphatic rings. The minimum atomic E-state index is -1.17. The first-order valence-electron chi connectivity index (χ1n) is 26.5. The van der Waals surface area contributed by atoms with E-state index in [-0.39, 0.29) is 63.8 Å². The Hall–Kier alpha value is -5.62. The largest absolute Gasteiger partial charge is 0.508 e. The minimum Gasteiger partial charge on any atom is -0.508 e. The lowest BCUT2D eigenvalue weighted by Gasteiger charge is -2.57. The van der Waals surface area contributed by atoms with Crippen molar-refractivity contribution in [2.45, 2.75) is 115 Å². The van der Waals surface area contributed by atoms with Crippen LogP contribution in [0.1, 0.15) is 94.7 Å². The first kappa shape index (κ1) is 48.3. The smallest absolute Gasteiger partial charge is 0.319 e. The number of fused-ring (bicyclic) bond motifs is 3. The number of ether oxygens (including phenoxy) is 1. The number of aryl methyl sites for hydroxylation is 1. The molecular formula is C56H66F3N9O5. The van der Waals surface area contributed by atoms with Crippen molar-refractivity contribution in [3.05, 3.63) is 77.0 Å². The quantitative estimate of drug-likeness (QED) is 0.107. The average molecular weight is 1000 g/mol. The third-order valence-electron chi connectivity index (χ3n) is 17.5. The number of aromatic nitrogens is 3. The molecule has 2 saturated carbocycles. The SMILES string of the molecule is CCc1c(F)ccc2cc(O)cc(-c3ncc4c(N5CCC[C@@](C)(O)C5)nc(OCC5(CN6CCC7(CC6)CC(F)(CN6CCN(c8ccc9c(c8)CN([C@H]8CCC(=O)NC8=O)C9)CC6)C7)CC5)nc4c3F)c12. The Bertz CT molecular complexity index is 3000. The van der Waals surface area contributed by atoms with Gasteiger partial charge < -0.3 is 29.6 Å². The van der Waals surface area contributed by atoms with Gasteiger partial charge in [0.2, 0.25) is 11.8 Å². The van der Waals surface area contributed by atoms with Crippen LogP contribution in [0.25, 0.3) is 32.9 Å². The number of carbonyl (C=O) groups is 2. The van der Waals surface area contributed by atoms with Crippen molar-refractivity contribution >= 4 is 45.0 Å². The number of pyridine rings is 1. The maximum Gasteiger partial charge on any atom is 0.319 e. The first-order chi connectivity index (χ1) is 35.1. The molecule has 0 bridgehead atoms. The molecule has 17 heteroatoms. The zero-order valence-corrected chi connectivity index (χ0v) is 42.0. The Morgan fingerprint density at radius 3 is 2.37 bits per heavy atom. The summed E-state index contributed by atoms with van der Waals surface area (Å²) in [6.45, 7) is 12.7. The molecule has 3 aromatic carbocycles. The molecule has 6 fully saturated rings. The molecule has 14 nitrogen and oxygen atoms in total. The summed E-state index contributed by atoms with van der Waals surface area (Å²) in [6.07, 6.45) is 9.25. The highest BCUT2D eigenvalue weighted by molar-refractivity contribution is 6.02. The standard InChI is InChI=1S/C56H66F3N9O5/c1-3-40-43(57)8-6-35-24-39(69)25-41(46(35)40)48-47(58)49-42(26-60-48)50(67-16-4-11-53(2,72)31-67)63-52(62-49)73-34-55(12-13-55)32-64-17-14-54(15-18-64)29-56(59,30-54)33-65-19-21-66(22-20-65)38-7-5-36-27-68(28-37(36)23-38)44-9-10-45(70)61-51(44)71/h5-8,23-26,44,69,72H,3-4,9-22,27-34H2,1-2H3,(H,61,70,71)/t44-,53+/m0/s1. The number of benzene rings is 3. The van der Waals surface area contributed by atoms with Crippen LogP contribution in [0.15, 0.2) is 48.7 Å². The molecule has 2 aliphatic carbocycles. The molecule has 5 aliphatic heterocycles. The summed E-state index contributed by atoms with van der Waals surface area (Å²) in [5.74, 6) is -1.21. The molecule has 7 heterocycles. The molecule has 0 radical (unpaired) electrons. The summed E-state index contributed by atoms with van der Waals surface area (Å²) in [7, 11) is 0. The molecule has 2 aromatic heterocycles. The van der Waals surface area contributed by atoms with Crippen LogP contribution in [-0.4, -0.2) is 141 Å². The normalized spacial score (nSPS) is 25.0. The van der Waals surface area contributed by atoms with E-state index in [0.29, 0.717) is 105 Å². The number of nitrogens with zero attached hydrogens (tertiary/aromatic N) is 8. The van der Waals surface area contributed by atoms with Crippen LogP contribution in [0.3, 0.4) is 0 Å². The molecule has 1 spiro atoms. The van der Waals surface area contributed by atoms with Crippen molar-refractivity contribution < 1.29 is 37.7 Å². The summed E-state index contributed by atoms with van der Waals surface area (Å²) in [6, 6.07) is 12.2. The fraction of sp³-hybridized carbons (Fsp3) is 0.554. The van der Waals surface area contributed by atoms with E-state index in [2.05, 4.69) is 53.1 Å². The Labute approximate surface area is 423 Å². The number of imide groups is 1. The number of β-amino-alcohol motifs (C(OH)–C–C–N with tert-alkyl or cyclic N) is 1. The summed E-state index contributed by atoms with van der Waals surface area (Å²) in [5, 5.41) is 25.8. The fourth-order valence-corrected chi connectivity index (χ4v) is 13.5. The number of phenols is 1. The number of phenolic OH excluding ortho intramolecular Hbond substituents is 1. The molecule has 5 aromatic rings. The Kier molecular flexibility index (Phi) is 12.1. The highest BCUT2D eigenvalue weighted by Gasteiger charge is 2.57. The molecular weight excluding hydrogens is 936 g/mol. The van der Waals surface area contributed by atoms with Gasteiger partial charge in [-0.3, -0.25) is 29.7 Å². The van der Waals surface area contributed by atoms with Crippen molar-refractivity contribution in [2.75, 3.05) is 81.9 Å². The highest BCUT2D eigenvalue weighted by atomic mass is 19.1. The predicted octanol–water partition coefficient (Wildman–Crippen LogP) is 7.43. The maximum atomic E-state index is 17.2. The Balaban J connectivity index is 0.667. The number of piperidine rings is 3. The second kappa shape index (κ2) is 18.3. The number of aromatic hydroxyl groups is 1. The number of hydrogen-bond acceptors (Lipinski definition) is 13. The summed E-state index contributed by atoms with van der Waals surface area (Å²) in [4.78, 5) is 49.7. The number of amides is 2. The zero-order chi connectivity index (χ0) is 50.4. The molecule has 4 saturated heterocycles. The van der Waals surface area contributed by atoms with Crippen LogP contribution < -0.4 is 19.9 Å². The monoisotopic (exact) mass is 1000 g/mol. The van der Waals surface area contributed by atoms with Gasteiger partial charge in [-0.25, -0.2) is 13.2 Å². The molecule has 12 rings (SSSR count). The molecule has 3 N–H and O–H groups in total. The van der Waals surface area contributed by atoms with Gasteiger partial charge in [-0.15, -0.1) is 0 Å². The topological polar surface area (TPSA) is 151 Å². The highest BCUT2D eigenvalue weighted by Crippen LogP contribution is 2.58. The number of hydrogen-bond donors (Lipinski definition) is 3. The van der Waals surface area contributed by atoms with Crippen LogP contribution >= 0.6 is 0 Å². The van der Waals surface area contributed by atoms with E-state index < -0.39 is 22.9 Å². The van der Waals surface area contributed by atoms with Gasteiger partial charge >= 0.3 is 6.01 Å². The lowest BCUT2D eigenvalue weighted by atomic mass is 9.55. The molecule has 2 atom stereocenters. The van der Waals surface area contributed by atoms with E-state index in [1.807, 2.05) is 11.8 Å². The predicted molar refractivity (Wildman–Crippen MR) is 272 cm³/mol. The number of likely N-dealkylation sites (tertiary alicyclic amines) is 1. The number of nitrogens with one attached hydrogen (secondary N) is 1. The van der Waals surface area contributed by atoms with Crippen molar-refractivity contribution in [3.8, 4) is 23.0 Å². The number of halogens is 3. The number of rotatable bonds is 12. The third-order valence-corrected chi connectivity index (χ3v) is 17.5. The van der Waals surface area contributed by atoms with E-state index in [1.54, 1.807) is 13.0 Å². The number of aliphatic hydroxyl groups is 1. The van der Waals surface area contributed by atoms with E-state index in [0.717, 1.165) is 71.5 Å². The van der Waals surface area contributed by atoms with E-state index in [4.69, 9.17) is 9.72 Å². The Morgan fingerprint density at radius 1 is 0.863 bits per heavy atom. The molecule has 386 valence electrons. The second-order valence-corrected chi connectivity index (χ2v) is 23.2. The van der Waals surface area contributed by atoms with Crippen LogP contribution in [0, 0.1) is 22.5 Å². The summed E-state index contributed by atoms with van der Waals surface area (Å²) >= 11 is 0. The van der Waals surface area contributed by atoms with Gasteiger partial charge in [-0.2, -0.15) is 9.97 Å². The van der Waals surface area contributed by atoms with Crippen molar-refractivity contribution in [3.63, 3.8) is 0 Å². The van der Waals surface area contributed by atoms with Gasteiger partial charge in [0.05, 0.1) is 23.6 Å². The van der Waals surface area contributed by atoms with Crippen molar-refractivity contribution in [2.24, 2.45) is 10.8 Å². The number of piperazine rings is 1. The average Bonchev–Trinajstić information content (AvgIpc) is 3.99. The number of carbonyl (C=O) groups excluding carboxylic acids is 2. The van der Waals surface area contributed by atoms with Gasteiger partial charge in [-0.1, -0.05) is 19.1 Å². The molecule has 0 unspecified atom stereocenters. The van der Waals surface area contributed by atoms with Crippen molar-refractivity contribution in [1.82, 2.24) is 35.0 Å². The van der Waals surface area contributed by atoms with Gasteiger partial charge in [0, 0.05) is 94.7 Å². The number of alkyl halides is 1. The lowest BCUT2D eigenvalue weighted by molar-refractivity contribution is -0.137. The first-order valence-corrected chi connectivity index (χ1v) is 26.5.